The van der Waals surface area contributed by atoms with E-state index in [9.17, 15) is 0 Å². The van der Waals surface area contributed by atoms with E-state index in [1.807, 2.05) is 0 Å². The molecule has 98 valence electrons. The monoisotopic (exact) mass is 240 g/mol. The van der Waals surface area contributed by atoms with E-state index >= 15 is 0 Å². The van der Waals surface area contributed by atoms with Crippen LogP contribution in [-0.2, 0) is 9.47 Å². The highest BCUT2D eigenvalue weighted by Crippen LogP contribution is 2.13. The van der Waals surface area contributed by atoms with E-state index in [0.29, 0.717) is 0 Å². The Kier molecular flexibility index (Phi) is 9.03. The van der Waals surface area contributed by atoms with Crippen molar-refractivity contribution in [2.24, 2.45) is 0 Å². The van der Waals surface area contributed by atoms with Gasteiger partial charge in [0.1, 0.15) is 0 Å². The van der Waals surface area contributed by atoms with Gasteiger partial charge in [0.15, 0.2) is 6.29 Å². The molecule has 17 heavy (non-hydrogen) atoms. The van der Waals surface area contributed by atoms with Crippen molar-refractivity contribution in [1.82, 2.24) is 0 Å². The third-order valence-corrected chi connectivity index (χ3v) is 2.72. The van der Waals surface area contributed by atoms with Gasteiger partial charge in [-0.15, -0.1) is 11.8 Å². The summed E-state index contributed by atoms with van der Waals surface area (Å²) < 4.78 is 11.1. The molecule has 3 nitrogen and oxygen atoms in total. The summed E-state index contributed by atoms with van der Waals surface area (Å²) in [5, 5.41) is 8.59. The van der Waals surface area contributed by atoms with Crippen molar-refractivity contribution >= 4 is 0 Å². The van der Waals surface area contributed by atoms with Gasteiger partial charge in [-0.1, -0.05) is 0 Å². The summed E-state index contributed by atoms with van der Waals surface area (Å²) in [4.78, 5) is 0. The summed E-state index contributed by atoms with van der Waals surface area (Å²) in [7, 11) is 0. The highest BCUT2D eigenvalue weighted by Gasteiger charge is 2.12. The van der Waals surface area contributed by atoms with E-state index in [-0.39, 0.29) is 12.9 Å². The van der Waals surface area contributed by atoms with E-state index in [2.05, 4.69) is 11.8 Å². The van der Waals surface area contributed by atoms with Gasteiger partial charge in [0.25, 0.3) is 0 Å². The molecule has 1 heterocycles. The second-order valence-electron chi connectivity index (χ2n) is 4.30. The molecule has 0 bridgehead atoms. The molecule has 0 aromatic rings. The average Bonchev–Trinajstić information content (AvgIpc) is 2.38. The molecule has 1 aliphatic rings. The molecule has 1 N–H and O–H groups in total. The lowest BCUT2D eigenvalue weighted by Crippen LogP contribution is -2.22. The number of unbranched alkanes of at least 4 members (excludes halogenated alkanes) is 3. The van der Waals surface area contributed by atoms with Crippen LogP contribution >= 0.6 is 0 Å². The van der Waals surface area contributed by atoms with Crippen molar-refractivity contribution in [3.63, 3.8) is 0 Å². The number of hydrogen-bond donors (Lipinski definition) is 1. The van der Waals surface area contributed by atoms with Crippen molar-refractivity contribution in [1.29, 1.82) is 0 Å². The first-order valence-corrected chi connectivity index (χ1v) is 6.73. The van der Waals surface area contributed by atoms with Crippen molar-refractivity contribution in [3.05, 3.63) is 0 Å². The molecule has 1 fully saturated rings. The predicted molar refractivity (Wildman–Crippen MR) is 67.5 cm³/mol. The van der Waals surface area contributed by atoms with Crippen LogP contribution in [0.5, 0.6) is 0 Å². The number of hydrogen-bond acceptors (Lipinski definition) is 3. The molecule has 1 rings (SSSR count). The molecule has 3 heteroatoms. The lowest BCUT2D eigenvalue weighted by atomic mass is 10.2. The number of aliphatic hydroxyl groups excluding tert-OH is 1. The molecule has 0 aromatic heterocycles. The number of ether oxygens (including phenoxy) is 2. The van der Waals surface area contributed by atoms with E-state index in [0.717, 1.165) is 51.7 Å². The van der Waals surface area contributed by atoms with Crippen LogP contribution < -0.4 is 0 Å². The molecule has 1 aliphatic heterocycles. The van der Waals surface area contributed by atoms with Gasteiger partial charge in [0, 0.05) is 26.1 Å². The van der Waals surface area contributed by atoms with Gasteiger partial charge in [-0.25, -0.2) is 0 Å². The second kappa shape index (κ2) is 10.6. The molecule has 1 saturated heterocycles. The lowest BCUT2D eigenvalue weighted by molar-refractivity contribution is -0.162. The third kappa shape index (κ3) is 8.20. The van der Waals surface area contributed by atoms with E-state index in [1.54, 1.807) is 0 Å². The van der Waals surface area contributed by atoms with Crippen LogP contribution in [0.15, 0.2) is 0 Å². The molecular weight excluding hydrogens is 216 g/mol. The minimum Gasteiger partial charge on any atom is -0.396 e. The van der Waals surface area contributed by atoms with Crippen LogP contribution in [0, 0.1) is 11.8 Å². The van der Waals surface area contributed by atoms with Crippen LogP contribution in [0.4, 0.5) is 0 Å². The Morgan fingerprint density at radius 3 is 2.65 bits per heavy atom. The Hall–Kier alpha value is -0.560. The third-order valence-electron chi connectivity index (χ3n) is 2.72. The first-order valence-electron chi connectivity index (χ1n) is 6.73. The summed E-state index contributed by atoms with van der Waals surface area (Å²) in [6.07, 6.45) is 8.07. The Morgan fingerprint density at radius 1 is 1.12 bits per heavy atom. The minimum atomic E-state index is 0.0289. The van der Waals surface area contributed by atoms with Gasteiger partial charge in [-0.05, 0) is 38.5 Å². The molecule has 0 aliphatic carbocycles. The SMILES string of the molecule is OCCCCC#CCCCOC1CCCCO1. The van der Waals surface area contributed by atoms with Gasteiger partial charge < -0.3 is 14.6 Å². The fourth-order valence-corrected chi connectivity index (χ4v) is 1.72. The van der Waals surface area contributed by atoms with E-state index < -0.39 is 0 Å². The molecular formula is C14H24O3. The minimum absolute atomic E-state index is 0.0289. The Balaban J connectivity index is 1.86. The highest BCUT2D eigenvalue weighted by molar-refractivity contribution is 4.98. The molecule has 0 aromatic carbocycles. The Morgan fingerprint density at radius 2 is 1.94 bits per heavy atom. The molecule has 0 saturated carbocycles. The quantitative estimate of drug-likeness (QED) is 0.549. The van der Waals surface area contributed by atoms with Gasteiger partial charge >= 0.3 is 0 Å². The first-order chi connectivity index (χ1) is 8.43. The summed E-state index contributed by atoms with van der Waals surface area (Å²) >= 11 is 0. The zero-order valence-corrected chi connectivity index (χ0v) is 10.6. The zero-order chi connectivity index (χ0) is 12.2. The average molecular weight is 240 g/mol. The highest BCUT2D eigenvalue weighted by atomic mass is 16.7. The Bertz CT molecular complexity index is 223. The van der Waals surface area contributed by atoms with Gasteiger partial charge in [-0.3, -0.25) is 0 Å². The zero-order valence-electron chi connectivity index (χ0n) is 10.6. The van der Waals surface area contributed by atoms with Crippen LogP contribution in [0.25, 0.3) is 0 Å². The second-order valence-corrected chi connectivity index (χ2v) is 4.30. The van der Waals surface area contributed by atoms with Gasteiger partial charge in [0.2, 0.25) is 0 Å². The Labute approximate surface area is 104 Å². The molecule has 0 radical (unpaired) electrons. The lowest BCUT2D eigenvalue weighted by Gasteiger charge is -2.22. The standard InChI is InChI=1S/C14H24O3/c15-11-7-4-2-1-3-5-8-12-16-14-10-6-9-13-17-14/h14-15H,2,4-13H2. The van der Waals surface area contributed by atoms with Crippen LogP contribution in [0.1, 0.15) is 51.4 Å². The molecule has 1 atom stereocenters. The summed E-state index contributed by atoms with van der Waals surface area (Å²) in [5.74, 6) is 6.24. The number of rotatable bonds is 7. The maximum absolute atomic E-state index is 8.59. The van der Waals surface area contributed by atoms with Crippen LogP contribution in [0.3, 0.4) is 0 Å². The maximum Gasteiger partial charge on any atom is 0.157 e. The van der Waals surface area contributed by atoms with Crippen molar-refractivity contribution in [3.8, 4) is 11.8 Å². The van der Waals surface area contributed by atoms with Gasteiger partial charge in [0.05, 0.1) is 6.61 Å². The van der Waals surface area contributed by atoms with E-state index in [1.165, 1.54) is 12.8 Å². The summed E-state index contributed by atoms with van der Waals surface area (Å²) in [6, 6.07) is 0. The van der Waals surface area contributed by atoms with Crippen LogP contribution in [-0.4, -0.2) is 31.2 Å². The fraction of sp³-hybridized carbons (Fsp3) is 0.857. The first kappa shape index (κ1) is 14.5. The molecule has 0 spiro atoms. The molecule has 1 unspecified atom stereocenters. The van der Waals surface area contributed by atoms with Crippen molar-refractivity contribution in [2.45, 2.75) is 57.7 Å². The smallest absolute Gasteiger partial charge is 0.157 e. The predicted octanol–water partition coefficient (Wildman–Crippen LogP) is 2.48. The summed E-state index contributed by atoms with van der Waals surface area (Å²) in [5.41, 5.74) is 0. The number of aliphatic hydroxyl groups is 1. The largest absolute Gasteiger partial charge is 0.396 e. The topological polar surface area (TPSA) is 38.7 Å². The van der Waals surface area contributed by atoms with Crippen LogP contribution in [0.2, 0.25) is 0 Å². The normalized spacial score (nSPS) is 19.7. The van der Waals surface area contributed by atoms with Crippen molar-refractivity contribution < 1.29 is 14.6 Å². The fourth-order valence-electron chi connectivity index (χ4n) is 1.72. The van der Waals surface area contributed by atoms with Gasteiger partial charge in [-0.2, -0.15) is 0 Å². The van der Waals surface area contributed by atoms with E-state index in [4.69, 9.17) is 14.6 Å². The van der Waals surface area contributed by atoms with Crippen molar-refractivity contribution in [2.75, 3.05) is 19.8 Å². The summed E-state index contributed by atoms with van der Waals surface area (Å²) in [6.45, 7) is 1.86. The molecule has 0 amide bonds. The maximum atomic E-state index is 8.59.